The van der Waals surface area contributed by atoms with Crippen LogP contribution in [0.5, 0.6) is 0 Å². The summed E-state index contributed by atoms with van der Waals surface area (Å²) in [4.78, 5) is 24.5. The van der Waals surface area contributed by atoms with Crippen molar-refractivity contribution in [3.8, 4) is 0 Å². The molecule has 4 heteroatoms. The van der Waals surface area contributed by atoms with E-state index in [9.17, 15) is 9.59 Å². The van der Waals surface area contributed by atoms with Crippen molar-refractivity contribution < 1.29 is 9.53 Å². The van der Waals surface area contributed by atoms with Gasteiger partial charge in [-0.2, -0.15) is 0 Å². The molecule has 0 spiro atoms. The van der Waals surface area contributed by atoms with Gasteiger partial charge in [-0.15, -0.1) is 0 Å². The molecule has 1 aromatic rings. The molecule has 0 saturated heterocycles. The van der Waals surface area contributed by atoms with Crippen molar-refractivity contribution >= 4 is 5.97 Å². The summed E-state index contributed by atoms with van der Waals surface area (Å²) < 4.78 is 4.46. The highest BCUT2D eigenvalue weighted by atomic mass is 16.5. The molecule has 1 aromatic heterocycles. The number of aromatic amines is 1. The Kier molecular flexibility index (Phi) is 2.84. The fourth-order valence-electron chi connectivity index (χ4n) is 0.918. The lowest BCUT2D eigenvalue weighted by atomic mass is 10.2. The summed E-state index contributed by atoms with van der Waals surface area (Å²) >= 11 is 0. The lowest BCUT2D eigenvalue weighted by Gasteiger charge is -1.99. The van der Waals surface area contributed by atoms with Gasteiger partial charge in [0.05, 0.1) is 13.5 Å². The van der Waals surface area contributed by atoms with E-state index in [1.807, 2.05) is 0 Å². The normalized spacial score (nSPS) is 9.69. The minimum absolute atomic E-state index is 0.103. The molecular weight excluding hydrogens is 170 g/mol. The van der Waals surface area contributed by atoms with E-state index in [0.29, 0.717) is 11.3 Å². The third kappa shape index (κ3) is 2.43. The van der Waals surface area contributed by atoms with Gasteiger partial charge in [0.15, 0.2) is 0 Å². The second-order valence-electron chi connectivity index (χ2n) is 2.75. The third-order valence-corrected chi connectivity index (χ3v) is 1.73. The van der Waals surface area contributed by atoms with Crippen LogP contribution in [0.25, 0.3) is 0 Å². The number of carbonyl (C=O) groups is 1. The van der Waals surface area contributed by atoms with Crippen molar-refractivity contribution in [3.05, 3.63) is 33.7 Å². The molecule has 4 nitrogen and oxygen atoms in total. The Morgan fingerprint density at radius 3 is 2.77 bits per heavy atom. The minimum atomic E-state index is -0.362. The van der Waals surface area contributed by atoms with Crippen LogP contribution >= 0.6 is 0 Å². The lowest BCUT2D eigenvalue weighted by molar-refractivity contribution is -0.139. The molecule has 0 bridgehead atoms. The Morgan fingerprint density at radius 2 is 2.23 bits per heavy atom. The van der Waals surface area contributed by atoms with Crippen molar-refractivity contribution in [2.45, 2.75) is 13.3 Å². The number of nitrogens with one attached hydrogen (secondary N) is 1. The van der Waals surface area contributed by atoms with Crippen LogP contribution in [-0.2, 0) is 16.0 Å². The molecule has 0 amide bonds. The summed E-state index contributed by atoms with van der Waals surface area (Å²) in [5.74, 6) is -0.362. The molecule has 1 rings (SSSR count). The van der Waals surface area contributed by atoms with E-state index in [2.05, 4.69) is 9.72 Å². The van der Waals surface area contributed by atoms with Gasteiger partial charge in [0.1, 0.15) is 0 Å². The first kappa shape index (κ1) is 9.51. The van der Waals surface area contributed by atoms with Gasteiger partial charge in [0, 0.05) is 11.3 Å². The van der Waals surface area contributed by atoms with Crippen LogP contribution in [0.15, 0.2) is 16.9 Å². The Hall–Kier alpha value is -1.58. The summed E-state index contributed by atoms with van der Waals surface area (Å²) in [5, 5.41) is 0. The number of esters is 1. The highest BCUT2D eigenvalue weighted by Crippen LogP contribution is 1.95. The predicted molar refractivity (Wildman–Crippen MR) is 47.5 cm³/mol. The van der Waals surface area contributed by atoms with Gasteiger partial charge >= 0.3 is 5.97 Å². The maximum absolute atomic E-state index is 11.1. The summed E-state index contributed by atoms with van der Waals surface area (Å²) in [6, 6.07) is 3.38. The smallest absolute Gasteiger partial charge is 0.311 e. The molecular formula is C9H11NO3. The van der Waals surface area contributed by atoms with Gasteiger partial charge in [-0.1, -0.05) is 6.07 Å². The van der Waals surface area contributed by atoms with Crippen molar-refractivity contribution in [2.24, 2.45) is 0 Å². The average molecular weight is 181 g/mol. The summed E-state index contributed by atoms with van der Waals surface area (Å²) in [6.07, 6.45) is 0.103. The Balaban J connectivity index is 2.86. The molecule has 0 unspecified atom stereocenters. The first-order valence-corrected chi connectivity index (χ1v) is 3.89. The van der Waals surface area contributed by atoms with Gasteiger partial charge in [-0.3, -0.25) is 9.59 Å². The maximum Gasteiger partial charge on any atom is 0.311 e. The van der Waals surface area contributed by atoms with Crippen molar-refractivity contribution in [1.82, 2.24) is 4.98 Å². The molecule has 0 fully saturated rings. The zero-order valence-electron chi connectivity index (χ0n) is 7.59. The Bertz CT molecular complexity index is 367. The van der Waals surface area contributed by atoms with Crippen LogP contribution in [0.1, 0.15) is 11.3 Å². The van der Waals surface area contributed by atoms with Gasteiger partial charge in [0.25, 0.3) is 5.56 Å². The summed E-state index contributed by atoms with van der Waals surface area (Å²) in [5.41, 5.74) is 1.04. The highest BCUT2D eigenvalue weighted by molar-refractivity contribution is 5.71. The number of hydrogen-bond acceptors (Lipinski definition) is 3. The average Bonchev–Trinajstić information content (AvgIpc) is 2.11. The molecule has 0 saturated carbocycles. The number of pyridine rings is 1. The van der Waals surface area contributed by atoms with Crippen molar-refractivity contribution in [1.29, 1.82) is 0 Å². The lowest BCUT2D eigenvalue weighted by Crippen LogP contribution is -2.14. The standard InChI is InChI=1S/C9H11NO3/c1-6-3-4-7(10-9(6)12)5-8(11)13-2/h3-4H,5H2,1-2H3,(H,10,12). The van der Waals surface area contributed by atoms with Crippen LogP contribution < -0.4 is 5.56 Å². The van der Waals surface area contributed by atoms with E-state index >= 15 is 0 Å². The van der Waals surface area contributed by atoms with E-state index < -0.39 is 0 Å². The van der Waals surface area contributed by atoms with E-state index in [1.165, 1.54) is 7.11 Å². The van der Waals surface area contributed by atoms with Crippen LogP contribution in [-0.4, -0.2) is 18.1 Å². The second kappa shape index (κ2) is 3.89. The molecule has 0 aromatic carbocycles. The second-order valence-corrected chi connectivity index (χ2v) is 2.75. The first-order valence-electron chi connectivity index (χ1n) is 3.89. The number of aryl methyl sites for hydroxylation is 1. The van der Waals surface area contributed by atoms with E-state index in [-0.39, 0.29) is 17.9 Å². The predicted octanol–water partition coefficient (Wildman–Crippen LogP) is 0.399. The van der Waals surface area contributed by atoms with Gasteiger partial charge in [0.2, 0.25) is 0 Å². The van der Waals surface area contributed by atoms with Gasteiger partial charge < -0.3 is 9.72 Å². The Morgan fingerprint density at radius 1 is 1.54 bits per heavy atom. The van der Waals surface area contributed by atoms with E-state index in [1.54, 1.807) is 19.1 Å². The monoisotopic (exact) mass is 181 g/mol. The number of hydrogen-bond donors (Lipinski definition) is 1. The SMILES string of the molecule is COC(=O)Cc1ccc(C)c(=O)[nH]1. The molecule has 0 radical (unpaired) electrons. The molecule has 0 aliphatic heterocycles. The molecule has 0 aliphatic rings. The molecule has 13 heavy (non-hydrogen) atoms. The zero-order valence-corrected chi connectivity index (χ0v) is 7.59. The molecule has 1 heterocycles. The fourth-order valence-corrected chi connectivity index (χ4v) is 0.918. The number of aromatic nitrogens is 1. The van der Waals surface area contributed by atoms with Gasteiger partial charge in [-0.05, 0) is 13.0 Å². The van der Waals surface area contributed by atoms with Crippen LogP contribution in [0.2, 0.25) is 0 Å². The number of rotatable bonds is 2. The first-order chi connectivity index (χ1) is 6.13. The quantitative estimate of drug-likeness (QED) is 0.672. The van der Waals surface area contributed by atoms with Crippen molar-refractivity contribution in [3.63, 3.8) is 0 Å². The number of methoxy groups -OCH3 is 1. The van der Waals surface area contributed by atoms with E-state index in [4.69, 9.17) is 0 Å². The molecule has 70 valence electrons. The zero-order chi connectivity index (χ0) is 9.84. The number of H-pyrrole nitrogens is 1. The largest absolute Gasteiger partial charge is 0.469 e. The van der Waals surface area contributed by atoms with Gasteiger partial charge in [-0.25, -0.2) is 0 Å². The summed E-state index contributed by atoms with van der Waals surface area (Å²) in [6.45, 7) is 1.71. The number of ether oxygens (including phenoxy) is 1. The molecule has 0 atom stereocenters. The van der Waals surface area contributed by atoms with Crippen molar-refractivity contribution in [2.75, 3.05) is 7.11 Å². The van der Waals surface area contributed by atoms with Crippen LogP contribution in [0.4, 0.5) is 0 Å². The van der Waals surface area contributed by atoms with Crippen LogP contribution in [0.3, 0.4) is 0 Å². The molecule has 0 aliphatic carbocycles. The highest BCUT2D eigenvalue weighted by Gasteiger charge is 2.03. The topological polar surface area (TPSA) is 59.2 Å². The minimum Gasteiger partial charge on any atom is -0.469 e. The number of carbonyl (C=O) groups excluding carboxylic acids is 1. The Labute approximate surface area is 75.5 Å². The maximum atomic E-state index is 11.1. The third-order valence-electron chi connectivity index (χ3n) is 1.73. The fraction of sp³-hybridized carbons (Fsp3) is 0.333. The van der Waals surface area contributed by atoms with E-state index in [0.717, 1.165) is 0 Å². The van der Waals surface area contributed by atoms with Crippen LogP contribution in [0, 0.1) is 6.92 Å². The molecule has 1 N–H and O–H groups in total. The summed E-state index contributed by atoms with van der Waals surface area (Å²) in [7, 11) is 1.31.